The van der Waals surface area contributed by atoms with E-state index in [1.165, 1.54) is 0 Å². The zero-order valence-corrected chi connectivity index (χ0v) is 17.3. The molecule has 1 amide bonds. The molecule has 0 saturated carbocycles. The molecule has 0 radical (unpaired) electrons. The number of pyridine rings is 1. The molecular weight excluding hydrogens is 398 g/mol. The highest BCUT2D eigenvalue weighted by Crippen LogP contribution is 2.37. The molecule has 0 fully saturated rings. The Bertz CT molecular complexity index is 1220. The average Bonchev–Trinajstić information content (AvgIpc) is 2.78. The van der Waals surface area contributed by atoms with Crippen LogP contribution >= 0.6 is 11.6 Å². The number of benzene rings is 3. The van der Waals surface area contributed by atoms with E-state index >= 15 is 0 Å². The summed E-state index contributed by atoms with van der Waals surface area (Å²) >= 11 is 5.89. The number of nitrogens with one attached hydrogen (secondary N) is 2. The van der Waals surface area contributed by atoms with Gasteiger partial charge in [-0.1, -0.05) is 35.9 Å². The Morgan fingerprint density at radius 2 is 1.63 bits per heavy atom. The molecule has 0 unspecified atom stereocenters. The Balaban J connectivity index is 1.70. The standard InChI is InChI=1S/C24H20ClN3O2/c1-26-23-19(20-13-16-5-3-4-6-17(16)14-21(20)30-2)11-12-22(27-23)28-24(29)15-7-9-18(25)10-8-15/h3-14H,1-2H3,(H2,26,27,28,29). The maximum atomic E-state index is 12.5. The molecule has 0 saturated heterocycles. The third-order valence-corrected chi connectivity index (χ3v) is 5.09. The van der Waals surface area contributed by atoms with Gasteiger partial charge in [-0.3, -0.25) is 4.79 Å². The minimum absolute atomic E-state index is 0.253. The Hall–Kier alpha value is -3.57. The highest BCUT2D eigenvalue weighted by Gasteiger charge is 2.15. The van der Waals surface area contributed by atoms with Crippen LogP contribution in [0.3, 0.4) is 0 Å². The molecular formula is C24H20ClN3O2. The van der Waals surface area contributed by atoms with Gasteiger partial charge in [-0.25, -0.2) is 4.98 Å². The predicted octanol–water partition coefficient (Wildman–Crippen LogP) is 5.86. The van der Waals surface area contributed by atoms with E-state index in [0.29, 0.717) is 22.2 Å². The maximum Gasteiger partial charge on any atom is 0.256 e. The van der Waals surface area contributed by atoms with E-state index in [9.17, 15) is 4.79 Å². The number of halogens is 1. The summed E-state index contributed by atoms with van der Waals surface area (Å²) in [6.45, 7) is 0. The van der Waals surface area contributed by atoms with Crippen LogP contribution in [0.1, 0.15) is 10.4 Å². The molecule has 3 aromatic carbocycles. The number of fused-ring (bicyclic) bond motifs is 1. The summed E-state index contributed by atoms with van der Waals surface area (Å²) in [5, 5.41) is 8.73. The monoisotopic (exact) mass is 417 g/mol. The van der Waals surface area contributed by atoms with E-state index in [0.717, 1.165) is 27.6 Å². The fraction of sp³-hybridized carbons (Fsp3) is 0.0833. The second kappa shape index (κ2) is 8.43. The van der Waals surface area contributed by atoms with Crippen molar-refractivity contribution in [1.29, 1.82) is 0 Å². The second-order valence-corrected chi connectivity index (χ2v) is 7.14. The number of nitrogens with zero attached hydrogens (tertiary/aromatic N) is 1. The van der Waals surface area contributed by atoms with Crippen LogP contribution in [-0.2, 0) is 0 Å². The van der Waals surface area contributed by atoms with Crippen molar-refractivity contribution in [3.8, 4) is 16.9 Å². The van der Waals surface area contributed by atoms with Gasteiger partial charge in [-0.05, 0) is 59.3 Å². The zero-order valence-electron chi connectivity index (χ0n) is 16.6. The first-order chi connectivity index (χ1) is 14.6. The van der Waals surface area contributed by atoms with Crippen LogP contribution in [0.4, 0.5) is 11.6 Å². The van der Waals surface area contributed by atoms with Crippen LogP contribution in [0.15, 0.2) is 72.8 Å². The molecule has 0 aliphatic heterocycles. The lowest BCUT2D eigenvalue weighted by atomic mass is 10.00. The summed E-state index contributed by atoms with van der Waals surface area (Å²) in [6, 6.07) is 22.6. The summed E-state index contributed by atoms with van der Waals surface area (Å²) in [7, 11) is 3.45. The number of aromatic nitrogens is 1. The minimum Gasteiger partial charge on any atom is -0.496 e. The van der Waals surface area contributed by atoms with E-state index in [-0.39, 0.29) is 5.91 Å². The minimum atomic E-state index is -0.253. The molecule has 0 spiro atoms. The van der Waals surface area contributed by atoms with E-state index in [1.54, 1.807) is 44.5 Å². The fourth-order valence-electron chi connectivity index (χ4n) is 3.33. The van der Waals surface area contributed by atoms with E-state index in [2.05, 4.69) is 27.8 Å². The highest BCUT2D eigenvalue weighted by molar-refractivity contribution is 6.30. The lowest BCUT2D eigenvalue weighted by molar-refractivity contribution is 0.102. The molecule has 0 aliphatic carbocycles. The van der Waals surface area contributed by atoms with Gasteiger partial charge >= 0.3 is 0 Å². The number of methoxy groups -OCH3 is 1. The Kier molecular flexibility index (Phi) is 5.55. The molecule has 150 valence electrons. The van der Waals surface area contributed by atoms with E-state index < -0.39 is 0 Å². The van der Waals surface area contributed by atoms with Gasteiger partial charge in [0.1, 0.15) is 17.4 Å². The molecule has 30 heavy (non-hydrogen) atoms. The molecule has 0 bridgehead atoms. The molecule has 0 atom stereocenters. The van der Waals surface area contributed by atoms with Gasteiger partial charge in [-0.2, -0.15) is 0 Å². The zero-order chi connectivity index (χ0) is 21.1. The summed E-state index contributed by atoms with van der Waals surface area (Å²) < 4.78 is 5.63. The van der Waals surface area contributed by atoms with Crippen molar-refractivity contribution < 1.29 is 9.53 Å². The third kappa shape index (κ3) is 3.93. The van der Waals surface area contributed by atoms with Crippen LogP contribution < -0.4 is 15.4 Å². The first-order valence-electron chi connectivity index (χ1n) is 9.42. The number of carbonyl (C=O) groups excluding carboxylic acids is 1. The molecule has 1 aromatic heterocycles. The summed E-state index contributed by atoms with van der Waals surface area (Å²) in [4.78, 5) is 17.1. The molecule has 1 heterocycles. The van der Waals surface area contributed by atoms with Crippen molar-refractivity contribution in [2.45, 2.75) is 0 Å². The van der Waals surface area contributed by atoms with Gasteiger partial charge < -0.3 is 15.4 Å². The third-order valence-electron chi connectivity index (χ3n) is 4.84. The molecule has 5 nitrogen and oxygen atoms in total. The largest absolute Gasteiger partial charge is 0.496 e. The SMILES string of the molecule is CNc1nc(NC(=O)c2ccc(Cl)cc2)ccc1-c1cc2ccccc2cc1OC. The number of hydrogen-bond donors (Lipinski definition) is 2. The summed E-state index contributed by atoms with van der Waals surface area (Å²) in [5.74, 6) is 1.59. The van der Waals surface area contributed by atoms with Gasteiger partial charge in [0.15, 0.2) is 0 Å². The van der Waals surface area contributed by atoms with Crippen LogP contribution in [0.25, 0.3) is 21.9 Å². The predicted molar refractivity (Wildman–Crippen MR) is 123 cm³/mol. The molecule has 4 aromatic rings. The van der Waals surface area contributed by atoms with Crippen molar-refractivity contribution in [1.82, 2.24) is 4.98 Å². The van der Waals surface area contributed by atoms with Crippen molar-refractivity contribution in [2.75, 3.05) is 24.8 Å². The lowest BCUT2D eigenvalue weighted by Gasteiger charge is -2.15. The van der Waals surface area contributed by atoms with Gasteiger partial charge in [-0.15, -0.1) is 0 Å². The van der Waals surface area contributed by atoms with E-state index in [1.807, 2.05) is 30.3 Å². The Labute approximate surface area is 179 Å². The van der Waals surface area contributed by atoms with Crippen molar-refractivity contribution in [3.63, 3.8) is 0 Å². The number of rotatable bonds is 5. The normalized spacial score (nSPS) is 10.6. The Morgan fingerprint density at radius 3 is 2.30 bits per heavy atom. The number of amides is 1. The lowest BCUT2D eigenvalue weighted by Crippen LogP contribution is -2.13. The van der Waals surface area contributed by atoms with Crippen LogP contribution in [0, 0.1) is 0 Å². The quantitative estimate of drug-likeness (QED) is 0.427. The summed E-state index contributed by atoms with van der Waals surface area (Å²) in [6.07, 6.45) is 0. The highest BCUT2D eigenvalue weighted by atomic mass is 35.5. The fourth-order valence-corrected chi connectivity index (χ4v) is 3.45. The van der Waals surface area contributed by atoms with Crippen LogP contribution in [0.5, 0.6) is 5.75 Å². The smallest absolute Gasteiger partial charge is 0.256 e. The number of hydrogen-bond acceptors (Lipinski definition) is 4. The molecule has 0 aliphatic rings. The number of ether oxygens (including phenoxy) is 1. The summed E-state index contributed by atoms with van der Waals surface area (Å²) in [5.41, 5.74) is 2.31. The number of anilines is 2. The van der Waals surface area contributed by atoms with Crippen molar-refractivity contribution in [3.05, 3.63) is 83.4 Å². The van der Waals surface area contributed by atoms with Crippen molar-refractivity contribution >= 4 is 39.9 Å². The van der Waals surface area contributed by atoms with E-state index in [4.69, 9.17) is 16.3 Å². The van der Waals surface area contributed by atoms with Gasteiger partial charge in [0.05, 0.1) is 7.11 Å². The van der Waals surface area contributed by atoms with Crippen LogP contribution in [-0.4, -0.2) is 25.0 Å². The first-order valence-corrected chi connectivity index (χ1v) is 9.79. The van der Waals surface area contributed by atoms with Gasteiger partial charge in [0.25, 0.3) is 5.91 Å². The number of carbonyl (C=O) groups is 1. The van der Waals surface area contributed by atoms with Crippen LogP contribution in [0.2, 0.25) is 5.02 Å². The maximum absolute atomic E-state index is 12.5. The first kappa shape index (κ1) is 19.7. The van der Waals surface area contributed by atoms with Crippen molar-refractivity contribution in [2.24, 2.45) is 0 Å². The topological polar surface area (TPSA) is 63.2 Å². The molecule has 2 N–H and O–H groups in total. The molecule has 4 rings (SSSR count). The second-order valence-electron chi connectivity index (χ2n) is 6.70. The van der Waals surface area contributed by atoms with Gasteiger partial charge in [0.2, 0.25) is 0 Å². The average molecular weight is 418 g/mol. The van der Waals surface area contributed by atoms with Gasteiger partial charge in [0, 0.05) is 28.8 Å². The Morgan fingerprint density at radius 1 is 0.933 bits per heavy atom. The molecule has 6 heteroatoms.